The third kappa shape index (κ3) is 3.48. The number of piperidine rings is 1. The minimum atomic E-state index is -4.56. The number of hydrogen-bond acceptors (Lipinski definition) is 5. The maximum atomic E-state index is 13.1. The fraction of sp³-hybridized carbons (Fsp3) is 0.556. The third-order valence-corrected chi connectivity index (χ3v) is 5.28. The minimum absolute atomic E-state index is 0.205. The molecule has 1 saturated heterocycles. The second-order valence-corrected chi connectivity index (χ2v) is 7.17. The normalized spacial score (nSPS) is 20.1. The number of aromatic nitrogens is 4. The second kappa shape index (κ2) is 7.16. The van der Waals surface area contributed by atoms with Crippen LogP contribution in [0, 0.1) is 0 Å². The van der Waals surface area contributed by atoms with Crippen molar-refractivity contribution in [1.29, 1.82) is 0 Å². The Kier molecular flexibility index (Phi) is 4.82. The number of carbonyl (C=O) groups is 1. The van der Waals surface area contributed by atoms with Gasteiger partial charge in [-0.2, -0.15) is 18.3 Å². The molecule has 1 amide bonds. The zero-order chi connectivity index (χ0) is 19.9. The molecule has 0 aromatic carbocycles. The van der Waals surface area contributed by atoms with E-state index in [9.17, 15) is 18.0 Å². The zero-order valence-electron chi connectivity index (χ0n) is 15.5. The van der Waals surface area contributed by atoms with E-state index < -0.39 is 17.8 Å². The van der Waals surface area contributed by atoms with Crippen molar-refractivity contribution in [2.24, 2.45) is 7.05 Å². The SMILES string of the molecule is Cn1nc(C(=O)N2CCCC[C@H]2c2ncc3c(n2)CCNC3)cc1C(F)(F)F. The van der Waals surface area contributed by atoms with E-state index in [2.05, 4.69) is 20.4 Å². The van der Waals surface area contributed by atoms with Gasteiger partial charge < -0.3 is 10.2 Å². The highest BCUT2D eigenvalue weighted by molar-refractivity contribution is 5.92. The molecule has 1 fully saturated rings. The molecule has 0 saturated carbocycles. The standard InChI is InChI=1S/C18H21F3N6O/c1-26-15(18(19,20)21)8-13(25-26)17(28)27-7-3-2-4-14(27)16-23-10-11-9-22-6-5-12(11)24-16/h8,10,14,22H,2-7,9H2,1H3/t14-/m0/s1. The van der Waals surface area contributed by atoms with Gasteiger partial charge in [-0.05, 0) is 19.3 Å². The van der Waals surface area contributed by atoms with E-state index in [0.717, 1.165) is 49.7 Å². The molecule has 10 heteroatoms. The van der Waals surface area contributed by atoms with Gasteiger partial charge in [0.05, 0.1) is 6.04 Å². The van der Waals surface area contributed by atoms with E-state index in [0.29, 0.717) is 23.5 Å². The van der Waals surface area contributed by atoms with Crippen LogP contribution in [0.4, 0.5) is 13.2 Å². The molecule has 2 aromatic heterocycles. The molecule has 0 unspecified atom stereocenters. The average molecular weight is 394 g/mol. The summed E-state index contributed by atoms with van der Waals surface area (Å²) in [6.45, 7) is 2.01. The lowest BCUT2D eigenvalue weighted by atomic mass is 10.00. The Morgan fingerprint density at radius 2 is 2.14 bits per heavy atom. The van der Waals surface area contributed by atoms with Crippen LogP contribution in [0.15, 0.2) is 12.3 Å². The van der Waals surface area contributed by atoms with Crippen LogP contribution in [0.3, 0.4) is 0 Å². The van der Waals surface area contributed by atoms with Crippen LogP contribution < -0.4 is 5.32 Å². The molecular formula is C18H21F3N6O. The molecule has 2 aliphatic heterocycles. The topological polar surface area (TPSA) is 75.9 Å². The van der Waals surface area contributed by atoms with Gasteiger partial charge in [-0.25, -0.2) is 9.97 Å². The van der Waals surface area contributed by atoms with Gasteiger partial charge >= 0.3 is 6.18 Å². The Labute approximate surface area is 160 Å². The van der Waals surface area contributed by atoms with E-state index in [4.69, 9.17) is 0 Å². The van der Waals surface area contributed by atoms with Crippen molar-refractivity contribution in [2.75, 3.05) is 13.1 Å². The molecule has 7 nitrogen and oxygen atoms in total. The molecule has 1 atom stereocenters. The van der Waals surface area contributed by atoms with Gasteiger partial charge in [-0.1, -0.05) is 0 Å². The van der Waals surface area contributed by atoms with Crippen molar-refractivity contribution in [3.63, 3.8) is 0 Å². The molecule has 2 aromatic rings. The summed E-state index contributed by atoms with van der Waals surface area (Å²) in [5.41, 5.74) is 0.868. The average Bonchev–Trinajstić information content (AvgIpc) is 3.09. The van der Waals surface area contributed by atoms with Gasteiger partial charge in [0.2, 0.25) is 0 Å². The number of halogens is 3. The van der Waals surface area contributed by atoms with Crippen molar-refractivity contribution >= 4 is 5.91 Å². The number of fused-ring (bicyclic) bond motifs is 1. The lowest BCUT2D eigenvalue weighted by molar-refractivity contribution is -0.143. The van der Waals surface area contributed by atoms with Gasteiger partial charge in [0, 0.05) is 56.6 Å². The number of aryl methyl sites for hydroxylation is 1. The fourth-order valence-electron chi connectivity index (χ4n) is 3.84. The number of amides is 1. The van der Waals surface area contributed by atoms with Crippen LogP contribution in [0.5, 0.6) is 0 Å². The lowest BCUT2D eigenvalue weighted by Crippen LogP contribution is -2.40. The molecule has 0 aliphatic carbocycles. The fourth-order valence-corrected chi connectivity index (χ4v) is 3.84. The Hall–Kier alpha value is -2.49. The molecule has 150 valence electrons. The van der Waals surface area contributed by atoms with Crippen molar-refractivity contribution in [3.8, 4) is 0 Å². The number of carbonyl (C=O) groups excluding carboxylic acids is 1. The maximum Gasteiger partial charge on any atom is 0.433 e. The molecule has 0 radical (unpaired) electrons. The number of nitrogens with zero attached hydrogens (tertiary/aromatic N) is 5. The van der Waals surface area contributed by atoms with E-state index >= 15 is 0 Å². The van der Waals surface area contributed by atoms with Crippen molar-refractivity contribution in [1.82, 2.24) is 30.0 Å². The molecule has 1 N–H and O–H groups in total. The quantitative estimate of drug-likeness (QED) is 0.846. The summed E-state index contributed by atoms with van der Waals surface area (Å²) in [5, 5.41) is 7.07. The van der Waals surface area contributed by atoms with Crippen LogP contribution in [0.25, 0.3) is 0 Å². The van der Waals surface area contributed by atoms with E-state index in [1.807, 2.05) is 0 Å². The number of hydrogen-bond donors (Lipinski definition) is 1. The third-order valence-electron chi connectivity index (χ3n) is 5.28. The molecule has 2 aliphatic rings. The highest BCUT2D eigenvalue weighted by atomic mass is 19.4. The summed E-state index contributed by atoms with van der Waals surface area (Å²) in [4.78, 5) is 23.7. The number of rotatable bonds is 2. The Morgan fingerprint density at radius 3 is 2.89 bits per heavy atom. The first-order valence-electron chi connectivity index (χ1n) is 9.32. The van der Waals surface area contributed by atoms with Crippen LogP contribution in [0.1, 0.15) is 58.6 Å². The lowest BCUT2D eigenvalue weighted by Gasteiger charge is -2.34. The molecule has 4 heterocycles. The van der Waals surface area contributed by atoms with E-state index in [1.165, 1.54) is 7.05 Å². The predicted octanol–water partition coefficient (Wildman–Crippen LogP) is 2.24. The molecular weight excluding hydrogens is 373 g/mol. The van der Waals surface area contributed by atoms with Gasteiger partial charge in [-0.15, -0.1) is 0 Å². The van der Waals surface area contributed by atoms with Gasteiger partial charge in [0.25, 0.3) is 5.91 Å². The second-order valence-electron chi connectivity index (χ2n) is 7.17. The van der Waals surface area contributed by atoms with Crippen LogP contribution in [-0.4, -0.2) is 43.6 Å². The zero-order valence-corrected chi connectivity index (χ0v) is 15.5. The monoisotopic (exact) mass is 394 g/mol. The Bertz CT molecular complexity index is 894. The minimum Gasteiger partial charge on any atom is -0.327 e. The smallest absolute Gasteiger partial charge is 0.327 e. The highest BCUT2D eigenvalue weighted by Gasteiger charge is 2.38. The van der Waals surface area contributed by atoms with Crippen LogP contribution in [0.2, 0.25) is 0 Å². The van der Waals surface area contributed by atoms with E-state index in [-0.39, 0.29) is 11.7 Å². The van der Waals surface area contributed by atoms with E-state index in [1.54, 1.807) is 11.1 Å². The number of likely N-dealkylation sites (tertiary alicyclic amines) is 1. The van der Waals surface area contributed by atoms with Crippen molar-refractivity contribution in [3.05, 3.63) is 40.7 Å². The van der Waals surface area contributed by atoms with Gasteiger partial charge in [0.15, 0.2) is 11.5 Å². The summed E-state index contributed by atoms with van der Waals surface area (Å²) in [6.07, 6.45) is 0.395. The van der Waals surface area contributed by atoms with Gasteiger partial charge in [-0.3, -0.25) is 9.48 Å². The first-order valence-corrected chi connectivity index (χ1v) is 9.32. The summed E-state index contributed by atoms with van der Waals surface area (Å²) in [6, 6.07) is 0.464. The van der Waals surface area contributed by atoms with Gasteiger partial charge in [0.1, 0.15) is 5.69 Å². The molecule has 0 spiro atoms. The van der Waals surface area contributed by atoms with Crippen molar-refractivity contribution < 1.29 is 18.0 Å². The highest BCUT2D eigenvalue weighted by Crippen LogP contribution is 2.33. The largest absolute Gasteiger partial charge is 0.433 e. The summed E-state index contributed by atoms with van der Waals surface area (Å²) in [5.74, 6) is 0.0412. The maximum absolute atomic E-state index is 13.1. The number of nitrogens with one attached hydrogen (secondary N) is 1. The summed E-state index contributed by atoms with van der Waals surface area (Å²) >= 11 is 0. The summed E-state index contributed by atoms with van der Waals surface area (Å²) < 4.78 is 39.9. The Morgan fingerprint density at radius 1 is 1.32 bits per heavy atom. The first-order chi connectivity index (χ1) is 13.3. The van der Waals surface area contributed by atoms with Crippen LogP contribution in [-0.2, 0) is 26.2 Å². The molecule has 4 rings (SSSR count). The molecule has 28 heavy (non-hydrogen) atoms. The van der Waals surface area contributed by atoms with Crippen molar-refractivity contribution in [2.45, 2.75) is 44.4 Å². The summed E-state index contributed by atoms with van der Waals surface area (Å²) in [7, 11) is 1.19. The predicted molar refractivity (Wildman–Crippen MR) is 93.3 cm³/mol. The number of alkyl halides is 3. The molecule has 0 bridgehead atoms. The Balaban J connectivity index is 1.63. The first kappa shape index (κ1) is 18.9. The van der Waals surface area contributed by atoms with Crippen LogP contribution >= 0.6 is 0 Å².